The number of para-hydroxylation sites is 2. The topological polar surface area (TPSA) is 144 Å². The van der Waals surface area contributed by atoms with Gasteiger partial charge in [0.2, 0.25) is 0 Å². The summed E-state index contributed by atoms with van der Waals surface area (Å²) in [7, 11) is -12.2. The molecule has 2 saturated carbocycles. The van der Waals surface area contributed by atoms with Gasteiger partial charge in [0, 0.05) is 50.7 Å². The molecule has 2 aliphatic carbocycles. The number of nitrogens with one attached hydrogen (secondary N) is 2. The Hall–Kier alpha value is -4.00. The first-order chi connectivity index (χ1) is 26.2. The Labute approximate surface area is 322 Å². The molecule has 3 aromatic rings. The van der Waals surface area contributed by atoms with E-state index in [2.05, 4.69) is 106 Å². The Kier molecular flexibility index (Phi) is 13.3. The van der Waals surface area contributed by atoms with Gasteiger partial charge in [0.05, 0.1) is 22.5 Å². The van der Waals surface area contributed by atoms with Crippen molar-refractivity contribution in [1.29, 1.82) is 0 Å². The van der Waals surface area contributed by atoms with E-state index in [0.717, 1.165) is 0 Å². The summed E-state index contributed by atoms with van der Waals surface area (Å²) in [5.74, 6) is 0. The molecule has 306 valence electrons. The highest BCUT2D eigenvalue weighted by molar-refractivity contribution is 7.86. The van der Waals surface area contributed by atoms with Gasteiger partial charge < -0.3 is 19.7 Å². The summed E-state index contributed by atoms with van der Waals surface area (Å²) >= 11 is 0. The minimum absolute atomic E-state index is 0.162. The quantitative estimate of drug-likeness (QED) is 0.116. The largest absolute Gasteiger partial charge is 0.741 e. The molecule has 18 heteroatoms. The fourth-order valence-corrected chi connectivity index (χ4v) is 7.98. The lowest BCUT2D eigenvalue weighted by atomic mass is 9.91. The predicted molar refractivity (Wildman–Crippen MR) is 197 cm³/mol. The Morgan fingerprint density at radius 2 is 0.821 bits per heavy atom. The first kappa shape index (κ1) is 43.1. The van der Waals surface area contributed by atoms with Crippen molar-refractivity contribution in [3.05, 3.63) is 95.1 Å². The lowest BCUT2D eigenvalue weighted by Crippen LogP contribution is -2.42. The van der Waals surface area contributed by atoms with Crippen molar-refractivity contribution in [3.8, 4) is 0 Å². The lowest BCUT2D eigenvalue weighted by molar-refractivity contribution is -0.606. The van der Waals surface area contributed by atoms with Crippen LogP contribution in [0.15, 0.2) is 72.8 Å². The summed E-state index contributed by atoms with van der Waals surface area (Å²) in [4.78, 5) is 0. The minimum atomic E-state index is -6.09. The van der Waals surface area contributed by atoms with Crippen LogP contribution < -0.4 is 10.6 Å². The second-order valence-electron chi connectivity index (χ2n) is 14.2. The molecule has 0 aromatic heterocycles. The molecule has 0 amide bonds. The second kappa shape index (κ2) is 17.2. The molecule has 0 bridgehead atoms. The highest BCUT2D eigenvalue weighted by Crippen LogP contribution is 2.37. The minimum Gasteiger partial charge on any atom is -0.741 e. The summed E-state index contributed by atoms with van der Waals surface area (Å²) in [6.45, 7) is 4.67. The van der Waals surface area contributed by atoms with Crippen LogP contribution in [0.25, 0.3) is 0 Å². The molecule has 2 N–H and O–H groups in total. The second-order valence-corrected chi connectivity index (χ2v) is 17.0. The normalized spacial score (nSPS) is 21.0. The molecule has 7 rings (SSSR count). The Morgan fingerprint density at radius 1 is 0.536 bits per heavy atom. The van der Waals surface area contributed by atoms with E-state index in [1.165, 1.54) is 109 Å². The van der Waals surface area contributed by atoms with Gasteiger partial charge >= 0.3 is 11.0 Å². The smallest absolute Gasteiger partial charge is 0.485 e. The lowest BCUT2D eigenvalue weighted by Gasteiger charge is -2.33. The van der Waals surface area contributed by atoms with Crippen molar-refractivity contribution in [3.63, 3.8) is 0 Å². The van der Waals surface area contributed by atoms with Gasteiger partial charge in [-0.3, -0.25) is 0 Å². The number of hydrogen-bond acceptors (Lipinski definition) is 8. The Morgan fingerprint density at radius 3 is 1.11 bits per heavy atom. The van der Waals surface area contributed by atoms with E-state index in [0.29, 0.717) is 12.1 Å². The van der Waals surface area contributed by atoms with Gasteiger partial charge in [-0.05, 0) is 74.2 Å². The van der Waals surface area contributed by atoms with E-state index in [9.17, 15) is 26.3 Å². The molecule has 56 heavy (non-hydrogen) atoms. The molecule has 4 aliphatic rings. The van der Waals surface area contributed by atoms with E-state index >= 15 is 0 Å². The van der Waals surface area contributed by atoms with Crippen LogP contribution in [-0.2, 0) is 20.2 Å². The van der Waals surface area contributed by atoms with E-state index in [4.69, 9.17) is 25.9 Å². The molecular formula is C38H44F6N4O6S2. The van der Waals surface area contributed by atoms with Gasteiger partial charge in [0.15, 0.2) is 43.7 Å². The van der Waals surface area contributed by atoms with E-state index in [-0.39, 0.29) is 12.3 Å². The van der Waals surface area contributed by atoms with Crippen LogP contribution in [0.2, 0.25) is 0 Å². The van der Waals surface area contributed by atoms with E-state index in [1.54, 1.807) is 0 Å². The zero-order valence-corrected chi connectivity index (χ0v) is 32.4. The first-order valence-corrected chi connectivity index (χ1v) is 21.1. The summed E-state index contributed by atoms with van der Waals surface area (Å²) in [6.07, 6.45) is 13.6. The SMILES string of the molecule is CC1=[N+](C2CCCCC2)C(c2ccc(C3Nc4ccccc4C(C)=[N+]3C3CCCCC3)cc2)Nc2ccccc21.O=S(=O)([O-])C(F)(F)F.O=S(=O)([O-])C(F)(F)F. The number of rotatable bonds is 4. The van der Waals surface area contributed by atoms with Crippen molar-refractivity contribution in [1.82, 2.24) is 0 Å². The number of nitrogens with zero attached hydrogens (tertiary/aromatic N) is 2. The average Bonchev–Trinajstić information content (AvgIpc) is 3.14. The zero-order chi connectivity index (χ0) is 41.1. The maximum absolute atomic E-state index is 10.7. The summed E-state index contributed by atoms with van der Waals surface area (Å²) in [6, 6.07) is 28.4. The average molecular weight is 831 g/mol. The van der Waals surface area contributed by atoms with Gasteiger partial charge in [0.25, 0.3) is 12.3 Å². The van der Waals surface area contributed by atoms with E-state index < -0.39 is 31.3 Å². The number of halogens is 6. The first-order valence-electron chi connectivity index (χ1n) is 18.3. The van der Waals surface area contributed by atoms with Crippen molar-refractivity contribution in [2.24, 2.45) is 0 Å². The maximum atomic E-state index is 10.7. The van der Waals surface area contributed by atoms with Gasteiger partial charge in [-0.1, -0.05) is 37.1 Å². The van der Waals surface area contributed by atoms with Crippen molar-refractivity contribution >= 4 is 43.0 Å². The third-order valence-electron chi connectivity index (χ3n) is 10.6. The van der Waals surface area contributed by atoms with Crippen molar-refractivity contribution in [2.45, 2.75) is 113 Å². The monoisotopic (exact) mass is 830 g/mol. The number of fused-ring (bicyclic) bond motifs is 2. The number of benzene rings is 3. The van der Waals surface area contributed by atoms with Gasteiger partial charge in [-0.25, -0.2) is 26.0 Å². The van der Waals surface area contributed by atoms with Gasteiger partial charge in [-0.15, -0.1) is 0 Å². The third kappa shape index (κ3) is 9.92. The molecule has 0 radical (unpaired) electrons. The molecule has 0 saturated heterocycles. The fraction of sp³-hybridized carbons (Fsp3) is 0.474. The van der Waals surface area contributed by atoms with Gasteiger partial charge in [0.1, 0.15) is 0 Å². The van der Waals surface area contributed by atoms with Crippen LogP contribution >= 0.6 is 0 Å². The Bertz CT molecular complexity index is 1990. The molecule has 2 fully saturated rings. The molecule has 3 aromatic carbocycles. The number of alkyl halides is 6. The highest BCUT2D eigenvalue weighted by Gasteiger charge is 2.41. The predicted octanol–water partition coefficient (Wildman–Crippen LogP) is 8.35. The number of hydrogen-bond donors (Lipinski definition) is 2. The summed E-state index contributed by atoms with van der Waals surface area (Å²) < 4.78 is 123. The molecule has 2 atom stereocenters. The molecule has 0 spiro atoms. The third-order valence-corrected chi connectivity index (χ3v) is 11.8. The molecular weight excluding hydrogens is 787 g/mol. The number of anilines is 2. The maximum Gasteiger partial charge on any atom is 0.485 e. The molecule has 2 aliphatic heterocycles. The molecule has 2 unspecified atom stereocenters. The summed E-state index contributed by atoms with van der Waals surface area (Å²) in [5.41, 5.74) is -0.571. The van der Waals surface area contributed by atoms with Crippen LogP contribution in [0.1, 0.15) is 113 Å². The van der Waals surface area contributed by atoms with Crippen LogP contribution in [0.4, 0.5) is 37.7 Å². The zero-order valence-electron chi connectivity index (χ0n) is 30.7. The van der Waals surface area contributed by atoms with Crippen molar-refractivity contribution < 1.29 is 61.4 Å². The van der Waals surface area contributed by atoms with Crippen LogP contribution in [0.3, 0.4) is 0 Å². The van der Waals surface area contributed by atoms with Crippen LogP contribution in [0.5, 0.6) is 0 Å². The fourth-order valence-electron chi connectivity index (χ4n) is 7.98. The van der Waals surface area contributed by atoms with Crippen LogP contribution in [0, 0.1) is 0 Å². The molecule has 2 heterocycles. The molecule has 10 nitrogen and oxygen atoms in total. The van der Waals surface area contributed by atoms with Crippen LogP contribution in [-0.4, -0.2) is 69.6 Å². The highest BCUT2D eigenvalue weighted by atomic mass is 32.2. The summed E-state index contributed by atoms with van der Waals surface area (Å²) in [5, 5.41) is 7.89. The van der Waals surface area contributed by atoms with E-state index in [1.807, 2.05) is 0 Å². The standard InChI is InChI=1S/C36H42N4.2CHF3O3S/c1-25-31-17-9-11-19-33(31)37-35(39(25)29-13-5-3-6-14-29)27-21-23-28(24-22-27)36-38-34-20-12-10-18-32(34)26(2)40(36)30-15-7-4-8-16-30;2*2-1(3,4)8(5,6)7/h9-12,17-24,29-30,35-36H,3-8,13-16H2,1-2H3;2*(H,5,6,7). The van der Waals surface area contributed by atoms with Gasteiger partial charge in [-0.2, -0.15) is 26.3 Å². The van der Waals surface area contributed by atoms with Crippen molar-refractivity contribution in [2.75, 3.05) is 10.6 Å². The Balaban J connectivity index is 0.000000317.